The van der Waals surface area contributed by atoms with Crippen LogP contribution in [0.25, 0.3) is 0 Å². The smallest absolute Gasteiger partial charge is 0.223 e. The van der Waals surface area contributed by atoms with Crippen LogP contribution in [0.4, 0.5) is 0 Å². The topological polar surface area (TPSA) is 49.6 Å². The number of amides is 1. The molecular weight excluding hydrogens is 350 g/mol. The van der Waals surface area contributed by atoms with E-state index in [0.29, 0.717) is 24.4 Å². The van der Waals surface area contributed by atoms with Crippen LogP contribution in [0.15, 0.2) is 28.7 Å². The lowest BCUT2D eigenvalue weighted by Crippen LogP contribution is -2.32. The summed E-state index contributed by atoms with van der Waals surface area (Å²) < 4.78 is 1.07. The summed E-state index contributed by atoms with van der Waals surface area (Å²) in [6.45, 7) is 2.15. The number of rotatable bonds is 8. The van der Waals surface area contributed by atoms with Crippen LogP contribution in [0.2, 0.25) is 0 Å². The highest BCUT2D eigenvalue weighted by molar-refractivity contribution is 9.10. The minimum atomic E-state index is 0.119. The molecule has 0 aliphatic carbocycles. The van der Waals surface area contributed by atoms with E-state index >= 15 is 0 Å². The maximum atomic E-state index is 12.0. The number of halogens is 1. The molecule has 0 aromatic heterocycles. The van der Waals surface area contributed by atoms with E-state index in [1.54, 1.807) is 11.9 Å². The highest BCUT2D eigenvalue weighted by Gasteiger charge is 2.10. The number of carbonyl (C=O) groups is 1. The van der Waals surface area contributed by atoms with Crippen LogP contribution in [-0.2, 0) is 11.3 Å². The van der Waals surface area contributed by atoms with E-state index in [4.69, 9.17) is 18.0 Å². The van der Waals surface area contributed by atoms with Gasteiger partial charge in [-0.25, -0.2) is 0 Å². The van der Waals surface area contributed by atoms with Crippen LogP contribution in [0.3, 0.4) is 0 Å². The highest BCUT2D eigenvalue weighted by Crippen LogP contribution is 2.11. The molecule has 0 atom stereocenters. The number of thiocarbonyl (C=S) groups is 1. The van der Waals surface area contributed by atoms with Gasteiger partial charge in [0.15, 0.2) is 0 Å². The maximum absolute atomic E-state index is 12.0. The molecule has 2 N–H and O–H groups in total. The summed E-state index contributed by atoms with van der Waals surface area (Å²) >= 11 is 8.24. The Hall–Kier alpha value is -0.980. The van der Waals surface area contributed by atoms with E-state index in [1.807, 2.05) is 19.2 Å². The second-order valence-electron chi connectivity index (χ2n) is 5.15. The van der Waals surface area contributed by atoms with Gasteiger partial charge in [-0.15, -0.1) is 0 Å². The zero-order chi connectivity index (χ0) is 15.8. The molecule has 116 valence electrons. The second kappa shape index (κ2) is 9.12. The van der Waals surface area contributed by atoms with Crippen LogP contribution in [-0.4, -0.2) is 47.9 Å². The minimum absolute atomic E-state index is 0.119. The van der Waals surface area contributed by atoms with Gasteiger partial charge in [0, 0.05) is 44.0 Å². The molecule has 0 unspecified atom stereocenters. The molecule has 0 aliphatic rings. The summed E-state index contributed by atoms with van der Waals surface area (Å²) in [4.78, 5) is 16.2. The minimum Gasteiger partial charge on any atom is -0.393 e. The van der Waals surface area contributed by atoms with Gasteiger partial charge in [-0.05, 0) is 24.7 Å². The van der Waals surface area contributed by atoms with Gasteiger partial charge in [-0.3, -0.25) is 4.79 Å². The predicted molar refractivity (Wildman–Crippen MR) is 94.1 cm³/mol. The van der Waals surface area contributed by atoms with Crippen molar-refractivity contribution in [3.63, 3.8) is 0 Å². The molecule has 1 aromatic rings. The molecular formula is C15H22BrN3OS. The number of nitrogens with zero attached hydrogens (tertiary/aromatic N) is 2. The lowest BCUT2D eigenvalue weighted by atomic mass is 10.2. The molecule has 0 saturated carbocycles. The monoisotopic (exact) mass is 371 g/mol. The Kier molecular flexibility index (Phi) is 7.85. The van der Waals surface area contributed by atoms with Crippen molar-refractivity contribution in [2.45, 2.75) is 19.4 Å². The Morgan fingerprint density at radius 3 is 2.38 bits per heavy atom. The first kappa shape index (κ1) is 18.1. The van der Waals surface area contributed by atoms with Crippen LogP contribution in [0, 0.1) is 0 Å². The van der Waals surface area contributed by atoms with E-state index in [9.17, 15) is 4.79 Å². The summed E-state index contributed by atoms with van der Waals surface area (Å²) in [6, 6.07) is 8.21. The van der Waals surface area contributed by atoms with E-state index < -0.39 is 0 Å². The first-order chi connectivity index (χ1) is 9.88. The fourth-order valence-electron chi connectivity index (χ4n) is 1.86. The van der Waals surface area contributed by atoms with Crippen LogP contribution in [0.1, 0.15) is 18.4 Å². The van der Waals surface area contributed by atoms with Gasteiger partial charge in [0.1, 0.15) is 0 Å². The fraction of sp³-hybridized carbons (Fsp3) is 0.467. The molecule has 0 spiro atoms. The largest absolute Gasteiger partial charge is 0.393 e. The summed E-state index contributed by atoms with van der Waals surface area (Å²) in [5.41, 5.74) is 6.67. The molecule has 0 heterocycles. The van der Waals surface area contributed by atoms with Crippen molar-refractivity contribution in [2.75, 3.05) is 27.2 Å². The predicted octanol–water partition coefficient (Wildman–Crippen LogP) is 2.41. The number of carbonyl (C=O) groups excluding carboxylic acids is 1. The van der Waals surface area contributed by atoms with E-state index in [2.05, 4.69) is 33.0 Å². The Morgan fingerprint density at radius 1 is 1.19 bits per heavy atom. The van der Waals surface area contributed by atoms with Crippen molar-refractivity contribution in [1.82, 2.24) is 9.80 Å². The molecule has 0 fully saturated rings. The van der Waals surface area contributed by atoms with Crippen LogP contribution < -0.4 is 5.73 Å². The van der Waals surface area contributed by atoms with E-state index in [-0.39, 0.29) is 5.91 Å². The lowest BCUT2D eigenvalue weighted by Gasteiger charge is -2.20. The molecule has 0 aliphatic heterocycles. The fourth-order valence-corrected chi connectivity index (χ4v) is 2.22. The molecule has 0 bridgehead atoms. The Morgan fingerprint density at radius 2 is 1.81 bits per heavy atom. The van der Waals surface area contributed by atoms with Gasteiger partial charge in [0.05, 0.1) is 4.99 Å². The van der Waals surface area contributed by atoms with Gasteiger partial charge < -0.3 is 15.5 Å². The molecule has 4 nitrogen and oxygen atoms in total. The molecule has 1 rings (SSSR count). The molecule has 1 amide bonds. The molecule has 0 radical (unpaired) electrons. The summed E-state index contributed by atoms with van der Waals surface area (Å²) in [7, 11) is 3.81. The Labute approximate surface area is 140 Å². The normalized spacial score (nSPS) is 10.7. The van der Waals surface area contributed by atoms with Crippen LogP contribution in [0.5, 0.6) is 0 Å². The maximum Gasteiger partial charge on any atom is 0.223 e. The third-order valence-corrected chi connectivity index (χ3v) is 3.93. The number of hydrogen-bond acceptors (Lipinski definition) is 3. The third kappa shape index (κ3) is 7.55. The van der Waals surface area contributed by atoms with E-state index in [1.165, 1.54) is 5.56 Å². The Bertz CT molecular complexity index is 478. The van der Waals surface area contributed by atoms with Crippen molar-refractivity contribution >= 4 is 39.0 Å². The van der Waals surface area contributed by atoms with Crippen LogP contribution >= 0.6 is 28.1 Å². The molecule has 1 aromatic carbocycles. The first-order valence-electron chi connectivity index (χ1n) is 6.83. The van der Waals surface area contributed by atoms with Gasteiger partial charge in [-0.2, -0.15) is 0 Å². The molecule has 21 heavy (non-hydrogen) atoms. The van der Waals surface area contributed by atoms with Crippen molar-refractivity contribution < 1.29 is 4.79 Å². The van der Waals surface area contributed by atoms with Gasteiger partial charge in [-0.1, -0.05) is 40.3 Å². The summed E-state index contributed by atoms with van der Waals surface area (Å²) in [5.74, 6) is 0.119. The quantitative estimate of drug-likeness (QED) is 0.712. The number of benzene rings is 1. The first-order valence-corrected chi connectivity index (χ1v) is 8.04. The van der Waals surface area contributed by atoms with Gasteiger partial charge in [0.2, 0.25) is 5.91 Å². The second-order valence-corrected chi connectivity index (χ2v) is 6.59. The van der Waals surface area contributed by atoms with E-state index in [0.717, 1.165) is 17.6 Å². The zero-order valence-electron chi connectivity index (χ0n) is 12.5. The third-order valence-electron chi connectivity index (χ3n) is 3.19. The highest BCUT2D eigenvalue weighted by atomic mass is 79.9. The summed E-state index contributed by atoms with van der Waals surface area (Å²) in [6.07, 6.45) is 1.08. The SMILES string of the molecule is CN(CCC(=O)N(C)CCC(N)=S)Cc1ccc(Br)cc1. The van der Waals surface area contributed by atoms with Crippen molar-refractivity contribution in [2.24, 2.45) is 5.73 Å². The Balaban J connectivity index is 2.31. The lowest BCUT2D eigenvalue weighted by molar-refractivity contribution is -0.130. The molecule has 6 heteroatoms. The average Bonchev–Trinajstić information content (AvgIpc) is 2.44. The molecule has 0 saturated heterocycles. The summed E-state index contributed by atoms with van der Waals surface area (Å²) in [5, 5.41) is 0. The van der Waals surface area contributed by atoms with Crippen molar-refractivity contribution in [3.8, 4) is 0 Å². The van der Waals surface area contributed by atoms with Crippen molar-refractivity contribution in [3.05, 3.63) is 34.3 Å². The standard InChI is InChI=1S/C15H22BrN3OS/c1-18(11-12-3-5-13(16)6-4-12)9-8-15(20)19(2)10-7-14(17)21/h3-6H,7-11H2,1-2H3,(H2,17,21). The van der Waals surface area contributed by atoms with Crippen molar-refractivity contribution in [1.29, 1.82) is 0 Å². The van der Waals surface area contributed by atoms with Gasteiger partial charge in [0.25, 0.3) is 0 Å². The number of hydrogen-bond donors (Lipinski definition) is 1. The zero-order valence-corrected chi connectivity index (χ0v) is 14.9. The van der Waals surface area contributed by atoms with Gasteiger partial charge >= 0.3 is 0 Å². The number of nitrogens with two attached hydrogens (primary N) is 1. The average molecular weight is 372 g/mol.